The molecule has 0 radical (unpaired) electrons. The van der Waals surface area contributed by atoms with E-state index in [1.165, 1.54) is 41.9 Å². The van der Waals surface area contributed by atoms with Gasteiger partial charge >= 0.3 is 6.18 Å². The zero-order chi connectivity index (χ0) is 18.7. The van der Waals surface area contributed by atoms with Gasteiger partial charge in [-0.2, -0.15) is 13.2 Å². The van der Waals surface area contributed by atoms with E-state index in [9.17, 15) is 23.3 Å². The van der Waals surface area contributed by atoms with E-state index in [0.717, 1.165) is 12.1 Å². The lowest BCUT2D eigenvalue weighted by Gasteiger charge is -2.08. The van der Waals surface area contributed by atoms with Crippen LogP contribution >= 0.6 is 11.3 Å². The molecular weight excluding hydrogens is 373 g/mol. The van der Waals surface area contributed by atoms with E-state index in [-0.39, 0.29) is 11.4 Å². The summed E-state index contributed by atoms with van der Waals surface area (Å²) in [6.07, 6.45) is -1.81. The molecule has 134 valence electrons. The number of thiazole rings is 1. The molecule has 11 heteroatoms. The normalized spacial score (nSPS) is 11.2. The molecule has 0 spiro atoms. The van der Waals surface area contributed by atoms with Gasteiger partial charge in [0.2, 0.25) is 0 Å². The van der Waals surface area contributed by atoms with Crippen LogP contribution in [0.1, 0.15) is 5.56 Å². The first kappa shape index (κ1) is 17.6. The summed E-state index contributed by atoms with van der Waals surface area (Å²) >= 11 is 1.17. The van der Waals surface area contributed by atoms with Crippen molar-refractivity contribution in [3.05, 3.63) is 63.8 Å². The fourth-order valence-electron chi connectivity index (χ4n) is 2.06. The molecule has 2 heterocycles. The monoisotopic (exact) mass is 382 g/mol. The molecule has 1 N–H and O–H groups in total. The second-order valence-corrected chi connectivity index (χ2v) is 5.82. The Balaban J connectivity index is 1.80. The number of hydrogen-bond donors (Lipinski definition) is 1. The molecule has 0 unspecified atom stereocenters. The molecule has 0 aliphatic carbocycles. The minimum absolute atomic E-state index is 0.0621. The maximum absolute atomic E-state index is 12.8. The highest BCUT2D eigenvalue weighted by atomic mass is 32.1. The van der Waals surface area contributed by atoms with Gasteiger partial charge in [0.15, 0.2) is 5.13 Å². The van der Waals surface area contributed by atoms with Gasteiger partial charge in [0.1, 0.15) is 5.75 Å². The van der Waals surface area contributed by atoms with Gasteiger partial charge in [-0.25, -0.2) is 4.98 Å². The largest absolute Gasteiger partial charge is 0.416 e. The molecule has 0 aliphatic heterocycles. The van der Waals surface area contributed by atoms with Gasteiger partial charge in [0.25, 0.3) is 5.09 Å². The van der Waals surface area contributed by atoms with E-state index in [0.29, 0.717) is 16.4 Å². The number of nitrogens with one attached hydrogen (secondary N) is 1. The second-order valence-electron chi connectivity index (χ2n) is 4.97. The number of hydrogen-bond acceptors (Lipinski definition) is 7. The number of rotatable bonds is 5. The van der Waals surface area contributed by atoms with Crippen LogP contribution in [0.3, 0.4) is 0 Å². The highest BCUT2D eigenvalue weighted by molar-refractivity contribution is 7.14. The van der Waals surface area contributed by atoms with Crippen molar-refractivity contribution >= 4 is 22.2 Å². The minimum Gasteiger partial charge on any atom is -0.332 e. The zero-order valence-electron chi connectivity index (χ0n) is 12.7. The maximum atomic E-state index is 12.8. The van der Waals surface area contributed by atoms with E-state index in [1.54, 1.807) is 5.38 Å². The zero-order valence-corrected chi connectivity index (χ0v) is 13.5. The Labute approximate surface area is 148 Å². The van der Waals surface area contributed by atoms with E-state index in [4.69, 9.17) is 0 Å². The quantitative estimate of drug-likeness (QED) is 0.515. The molecule has 7 nitrogen and oxygen atoms in total. The molecule has 26 heavy (non-hydrogen) atoms. The molecule has 3 rings (SSSR count). The van der Waals surface area contributed by atoms with Crippen LogP contribution < -0.4 is 10.2 Å². The number of halogens is 3. The average molecular weight is 382 g/mol. The molecule has 0 saturated heterocycles. The number of pyridine rings is 1. The summed E-state index contributed by atoms with van der Waals surface area (Å²) in [6, 6.07) is 6.13. The molecule has 0 atom stereocenters. The Bertz CT molecular complexity index is 946. The van der Waals surface area contributed by atoms with Crippen molar-refractivity contribution in [3.8, 4) is 17.0 Å². The summed E-state index contributed by atoms with van der Waals surface area (Å²) in [4.78, 5) is 22.8. The molecule has 0 amide bonds. The number of anilines is 2. The van der Waals surface area contributed by atoms with Crippen LogP contribution in [0, 0.1) is 10.1 Å². The van der Waals surface area contributed by atoms with Crippen LogP contribution in [0.15, 0.2) is 48.1 Å². The summed E-state index contributed by atoms with van der Waals surface area (Å²) in [5.41, 5.74) is 0.390. The fourth-order valence-corrected chi connectivity index (χ4v) is 2.80. The maximum Gasteiger partial charge on any atom is 0.416 e. The first-order valence-corrected chi connectivity index (χ1v) is 7.87. The number of aromatic nitrogens is 2. The molecule has 2 aromatic heterocycles. The van der Waals surface area contributed by atoms with Crippen LogP contribution in [0.5, 0.6) is 5.75 Å². The first-order valence-electron chi connectivity index (χ1n) is 6.99. The Morgan fingerprint density at radius 3 is 2.77 bits per heavy atom. The molecule has 3 aromatic rings. The van der Waals surface area contributed by atoms with Crippen molar-refractivity contribution in [3.63, 3.8) is 0 Å². The van der Waals surface area contributed by atoms with E-state index < -0.39 is 16.8 Å². The second kappa shape index (κ2) is 6.96. The van der Waals surface area contributed by atoms with Crippen molar-refractivity contribution in [2.24, 2.45) is 0 Å². The third-order valence-electron chi connectivity index (χ3n) is 3.13. The Morgan fingerprint density at radius 1 is 1.23 bits per heavy atom. The van der Waals surface area contributed by atoms with Crippen LogP contribution in [0.2, 0.25) is 0 Å². The van der Waals surface area contributed by atoms with Gasteiger partial charge in [-0.3, -0.25) is 9.82 Å². The lowest BCUT2D eigenvalue weighted by molar-refractivity contribution is -0.711. The summed E-state index contributed by atoms with van der Waals surface area (Å²) in [5, 5.41) is 14.2. The van der Waals surface area contributed by atoms with Crippen LogP contribution in [-0.4, -0.2) is 15.1 Å². The van der Waals surface area contributed by atoms with Gasteiger partial charge in [0.05, 0.1) is 17.5 Å². The van der Waals surface area contributed by atoms with Crippen molar-refractivity contribution < 1.29 is 23.1 Å². The summed E-state index contributed by atoms with van der Waals surface area (Å²) < 4.78 is 38.3. The Morgan fingerprint density at radius 2 is 2.04 bits per heavy atom. The van der Waals surface area contributed by atoms with E-state index in [1.807, 2.05) is 0 Å². The summed E-state index contributed by atoms with van der Waals surface area (Å²) in [6.45, 7) is 0. The first-order chi connectivity index (χ1) is 12.3. The SMILES string of the molecule is O=[N+]([O-])Oc1cncc(-c2csc(Nc3cccc(C(F)(F)F)c3)n2)c1. The highest BCUT2D eigenvalue weighted by Crippen LogP contribution is 2.33. The van der Waals surface area contributed by atoms with Crippen molar-refractivity contribution in [2.75, 3.05) is 5.32 Å². The smallest absolute Gasteiger partial charge is 0.332 e. The van der Waals surface area contributed by atoms with E-state index >= 15 is 0 Å². The Hall–Kier alpha value is -3.21. The lowest BCUT2D eigenvalue weighted by Crippen LogP contribution is -2.05. The predicted molar refractivity (Wildman–Crippen MR) is 87.7 cm³/mol. The third kappa shape index (κ3) is 4.25. The minimum atomic E-state index is -4.44. The van der Waals surface area contributed by atoms with Crippen molar-refractivity contribution in [1.29, 1.82) is 0 Å². The predicted octanol–water partition coefficient (Wildman–Crippen LogP) is 4.54. The lowest BCUT2D eigenvalue weighted by atomic mass is 10.2. The summed E-state index contributed by atoms with van der Waals surface area (Å²) in [7, 11) is 0. The standard InChI is InChI=1S/C15H9F3N4O3S/c16-15(17,18)10-2-1-3-11(5-10)20-14-21-13(8-26-14)9-4-12(7-19-6-9)25-22(23)24/h1-8H,(H,20,21). The van der Waals surface area contributed by atoms with Gasteiger partial charge < -0.3 is 5.32 Å². The number of alkyl halides is 3. The topological polar surface area (TPSA) is 90.2 Å². The van der Waals surface area contributed by atoms with Gasteiger partial charge in [0, 0.05) is 22.8 Å². The van der Waals surface area contributed by atoms with Crippen LogP contribution in [0.4, 0.5) is 24.0 Å². The van der Waals surface area contributed by atoms with Gasteiger partial charge in [-0.1, -0.05) is 6.07 Å². The molecule has 0 bridgehead atoms. The van der Waals surface area contributed by atoms with Crippen molar-refractivity contribution in [1.82, 2.24) is 9.97 Å². The Kier molecular flexibility index (Phi) is 4.71. The fraction of sp³-hybridized carbons (Fsp3) is 0.0667. The number of nitrogens with zero attached hydrogens (tertiary/aromatic N) is 3. The molecule has 1 aromatic carbocycles. The molecular formula is C15H9F3N4O3S. The average Bonchev–Trinajstić information content (AvgIpc) is 3.02. The summed E-state index contributed by atoms with van der Waals surface area (Å²) in [5.74, 6) is -0.0621. The van der Waals surface area contributed by atoms with E-state index in [2.05, 4.69) is 20.1 Å². The highest BCUT2D eigenvalue weighted by Gasteiger charge is 2.30. The molecule has 0 aliphatic rings. The number of benzene rings is 1. The molecule has 0 fully saturated rings. The van der Waals surface area contributed by atoms with Gasteiger partial charge in [-0.15, -0.1) is 21.5 Å². The van der Waals surface area contributed by atoms with Crippen molar-refractivity contribution in [2.45, 2.75) is 6.18 Å². The van der Waals surface area contributed by atoms with Crippen LogP contribution in [0.25, 0.3) is 11.3 Å². The van der Waals surface area contributed by atoms with Gasteiger partial charge in [-0.05, 0) is 24.3 Å². The van der Waals surface area contributed by atoms with Crippen LogP contribution in [-0.2, 0) is 6.18 Å². The third-order valence-corrected chi connectivity index (χ3v) is 3.89. The molecule has 0 saturated carbocycles.